The number of carbonyl (C=O) groups excluding carboxylic acids is 1. The summed E-state index contributed by atoms with van der Waals surface area (Å²) in [6.07, 6.45) is 1.39. The van der Waals surface area contributed by atoms with Crippen LogP contribution in [0.1, 0.15) is 45.1 Å². The molecule has 2 N–H and O–H groups in total. The first-order valence-corrected chi connectivity index (χ1v) is 16.7. The van der Waals surface area contributed by atoms with Crippen LogP contribution in [0.4, 0.5) is 4.79 Å². The average Bonchev–Trinajstić information content (AvgIpc) is 3.59. The van der Waals surface area contributed by atoms with E-state index in [2.05, 4.69) is 5.32 Å². The summed E-state index contributed by atoms with van der Waals surface area (Å²) in [6, 6.07) is 14.9. The van der Waals surface area contributed by atoms with E-state index in [4.69, 9.17) is 18.9 Å². The smallest absolute Gasteiger partial charge is 0.407 e. The topological polar surface area (TPSA) is 124 Å². The summed E-state index contributed by atoms with van der Waals surface area (Å²) in [7, 11) is -2.43. The lowest BCUT2D eigenvalue weighted by Crippen LogP contribution is -2.52. The van der Waals surface area contributed by atoms with Crippen molar-refractivity contribution in [3.05, 3.63) is 60.2 Å². The Kier molecular flexibility index (Phi) is 10.3. The average molecular weight is 617 g/mol. The molecule has 3 aliphatic rings. The van der Waals surface area contributed by atoms with Crippen LogP contribution in [-0.4, -0.2) is 81.4 Å². The van der Waals surface area contributed by atoms with E-state index in [1.807, 2.05) is 44.2 Å². The Labute approximate surface area is 254 Å². The minimum absolute atomic E-state index is 0.00184. The Morgan fingerprint density at radius 3 is 2.51 bits per heavy atom. The highest BCUT2D eigenvalue weighted by molar-refractivity contribution is 7.89. The quantitative estimate of drug-likeness (QED) is 0.367. The molecule has 2 saturated heterocycles. The van der Waals surface area contributed by atoms with E-state index in [9.17, 15) is 18.3 Å². The molecule has 2 aromatic carbocycles. The zero-order valence-electron chi connectivity index (χ0n) is 25.1. The zero-order chi connectivity index (χ0) is 30.6. The number of aliphatic hydroxyl groups excluding tert-OH is 1. The van der Waals surface area contributed by atoms with Crippen LogP contribution in [0.25, 0.3) is 0 Å². The van der Waals surface area contributed by atoms with Gasteiger partial charge in [0, 0.05) is 24.9 Å². The fourth-order valence-corrected chi connectivity index (χ4v) is 8.26. The van der Waals surface area contributed by atoms with Crippen molar-refractivity contribution in [3.63, 3.8) is 0 Å². The Balaban J connectivity index is 1.32. The number of nitrogens with one attached hydrogen (secondary N) is 1. The van der Waals surface area contributed by atoms with E-state index < -0.39 is 28.3 Å². The van der Waals surface area contributed by atoms with Crippen LogP contribution in [-0.2, 0) is 30.7 Å². The Hall–Kier alpha value is -2.70. The van der Waals surface area contributed by atoms with Crippen LogP contribution >= 0.6 is 0 Å². The second-order valence-corrected chi connectivity index (χ2v) is 14.2. The third kappa shape index (κ3) is 7.51. The molecule has 2 aromatic rings. The molecule has 0 radical (unpaired) electrons. The van der Waals surface area contributed by atoms with Gasteiger partial charge in [-0.25, -0.2) is 13.2 Å². The summed E-state index contributed by atoms with van der Waals surface area (Å²) < 4.78 is 51.8. The summed E-state index contributed by atoms with van der Waals surface area (Å²) >= 11 is 0. The summed E-state index contributed by atoms with van der Waals surface area (Å²) in [5.74, 6) is 0.841. The first kappa shape index (κ1) is 31.7. The van der Waals surface area contributed by atoms with Crippen LogP contribution in [0.2, 0.25) is 0 Å². The number of ether oxygens (including phenoxy) is 4. The van der Waals surface area contributed by atoms with Crippen LogP contribution in [0.15, 0.2) is 59.5 Å². The molecule has 2 unspecified atom stereocenters. The van der Waals surface area contributed by atoms with Gasteiger partial charge < -0.3 is 29.4 Å². The number of amides is 1. The van der Waals surface area contributed by atoms with Crippen molar-refractivity contribution in [1.82, 2.24) is 9.62 Å². The number of sulfonamides is 1. The molecule has 43 heavy (non-hydrogen) atoms. The van der Waals surface area contributed by atoms with Crippen molar-refractivity contribution < 1.29 is 37.3 Å². The predicted octanol–water partition coefficient (Wildman–Crippen LogP) is 3.97. The molecule has 1 saturated carbocycles. The highest BCUT2D eigenvalue weighted by Gasteiger charge is 2.53. The standard InChI is InChI=1S/C32H44N2O8S/c1-21(2)19-34(43(37,38)24-14-12-23(39-3)13-15-24)20-27(35)26(18-22-8-5-4-6-9-22)33-32(36)42-29-11-7-10-28-30(29)25-16-17-40-31(25)41-28/h4-6,8-9,12-15,21,25-31,35H,7,10-11,16-20H2,1-3H3,(H,33,36)/t25-,26-,27+,28?,29-,30?,31+/m0/s1. The van der Waals surface area contributed by atoms with E-state index in [0.29, 0.717) is 18.8 Å². The lowest BCUT2D eigenvalue weighted by atomic mass is 9.77. The molecule has 0 bridgehead atoms. The molecule has 1 aliphatic carbocycles. The normalized spacial score (nSPS) is 26.5. The number of rotatable bonds is 12. The molecule has 2 aliphatic heterocycles. The van der Waals surface area contributed by atoms with Crippen molar-refractivity contribution in [2.45, 2.75) is 81.5 Å². The van der Waals surface area contributed by atoms with Gasteiger partial charge in [-0.05, 0) is 67.9 Å². The number of hydrogen-bond donors (Lipinski definition) is 2. The minimum Gasteiger partial charge on any atom is -0.497 e. The molecule has 2 heterocycles. The van der Waals surface area contributed by atoms with E-state index >= 15 is 0 Å². The van der Waals surface area contributed by atoms with E-state index in [0.717, 1.165) is 31.2 Å². The van der Waals surface area contributed by atoms with Gasteiger partial charge in [0.15, 0.2) is 6.29 Å². The molecule has 10 nitrogen and oxygen atoms in total. The molecular formula is C32H44N2O8S. The van der Waals surface area contributed by atoms with Gasteiger partial charge in [0.05, 0.1) is 36.9 Å². The maximum absolute atomic E-state index is 13.7. The van der Waals surface area contributed by atoms with Crippen LogP contribution in [0.5, 0.6) is 5.75 Å². The largest absolute Gasteiger partial charge is 0.497 e. The summed E-state index contributed by atoms with van der Waals surface area (Å²) in [5, 5.41) is 14.4. The molecule has 11 heteroatoms. The Morgan fingerprint density at radius 2 is 1.81 bits per heavy atom. The molecule has 5 rings (SSSR count). The van der Waals surface area contributed by atoms with Gasteiger partial charge >= 0.3 is 6.09 Å². The maximum atomic E-state index is 13.7. The second-order valence-electron chi connectivity index (χ2n) is 12.2. The summed E-state index contributed by atoms with van der Waals surface area (Å²) in [4.78, 5) is 13.5. The van der Waals surface area contributed by atoms with Crippen LogP contribution < -0.4 is 10.1 Å². The highest BCUT2D eigenvalue weighted by atomic mass is 32.2. The SMILES string of the molecule is COc1ccc(S(=O)(=O)N(CC(C)C)C[C@@H](O)[C@H](Cc2ccccc2)NC(=O)O[C@H]2CCCC3O[C@H]4OCC[C@H]4C32)cc1. The van der Waals surface area contributed by atoms with Gasteiger partial charge in [-0.1, -0.05) is 44.2 Å². The maximum Gasteiger partial charge on any atom is 0.407 e. The Morgan fingerprint density at radius 1 is 1.07 bits per heavy atom. The monoisotopic (exact) mass is 616 g/mol. The lowest BCUT2D eigenvalue weighted by molar-refractivity contribution is -0.125. The first-order valence-electron chi connectivity index (χ1n) is 15.3. The van der Waals surface area contributed by atoms with E-state index in [1.54, 1.807) is 12.1 Å². The zero-order valence-corrected chi connectivity index (χ0v) is 25.9. The number of aliphatic hydroxyl groups is 1. The number of methoxy groups -OCH3 is 1. The first-order chi connectivity index (χ1) is 20.7. The predicted molar refractivity (Wildman–Crippen MR) is 160 cm³/mol. The number of carbonyl (C=O) groups is 1. The van der Waals surface area contributed by atoms with Gasteiger partial charge in [0.25, 0.3) is 0 Å². The second kappa shape index (κ2) is 13.9. The van der Waals surface area contributed by atoms with Crippen LogP contribution in [0, 0.1) is 17.8 Å². The lowest BCUT2D eigenvalue weighted by Gasteiger charge is -2.35. The molecular weight excluding hydrogens is 572 g/mol. The summed E-state index contributed by atoms with van der Waals surface area (Å²) in [6.45, 7) is 4.49. The van der Waals surface area contributed by atoms with Gasteiger partial charge in [0.1, 0.15) is 11.9 Å². The fourth-order valence-electron chi connectivity index (χ4n) is 6.64. The van der Waals surface area contributed by atoms with E-state index in [1.165, 1.54) is 23.5 Å². The molecule has 0 aromatic heterocycles. The van der Waals surface area contributed by atoms with Gasteiger partial charge in [-0.2, -0.15) is 4.31 Å². The number of fused-ring (bicyclic) bond motifs is 3. The fraction of sp³-hybridized carbons (Fsp3) is 0.594. The number of benzene rings is 2. The summed E-state index contributed by atoms with van der Waals surface area (Å²) in [5.41, 5.74) is 0.896. The van der Waals surface area contributed by atoms with Crippen molar-refractivity contribution in [2.24, 2.45) is 17.8 Å². The molecule has 236 valence electrons. The van der Waals surface area contributed by atoms with E-state index in [-0.39, 0.29) is 54.2 Å². The van der Waals surface area contributed by atoms with Crippen molar-refractivity contribution in [2.75, 3.05) is 26.8 Å². The van der Waals surface area contributed by atoms with Gasteiger partial charge in [-0.3, -0.25) is 0 Å². The number of hydrogen-bond acceptors (Lipinski definition) is 8. The van der Waals surface area contributed by atoms with Crippen LogP contribution in [0.3, 0.4) is 0 Å². The van der Waals surface area contributed by atoms with Gasteiger partial charge in [0.2, 0.25) is 10.0 Å². The molecule has 1 amide bonds. The Bertz CT molecular complexity index is 1310. The minimum atomic E-state index is -3.94. The molecule has 3 fully saturated rings. The number of nitrogens with zero attached hydrogens (tertiary/aromatic N) is 1. The van der Waals surface area contributed by atoms with Crippen molar-refractivity contribution in [3.8, 4) is 5.75 Å². The van der Waals surface area contributed by atoms with Crippen molar-refractivity contribution in [1.29, 1.82) is 0 Å². The van der Waals surface area contributed by atoms with Gasteiger partial charge in [-0.15, -0.1) is 0 Å². The number of alkyl carbamates (subject to hydrolysis) is 1. The van der Waals surface area contributed by atoms with Crippen molar-refractivity contribution >= 4 is 16.1 Å². The third-order valence-corrected chi connectivity index (χ3v) is 10.5. The third-order valence-electron chi connectivity index (χ3n) is 8.70. The molecule has 7 atom stereocenters. The highest BCUT2D eigenvalue weighted by Crippen LogP contribution is 2.47. The molecule has 0 spiro atoms.